The molecule has 2 heterocycles. The lowest BCUT2D eigenvalue weighted by Crippen LogP contribution is -2.34. The summed E-state index contributed by atoms with van der Waals surface area (Å²) in [5.41, 5.74) is -1.52. The average Bonchev–Trinajstić information content (AvgIpc) is 3.19. The standard InChI is InChI=1S/C20H14ClN3O6S2/c1-23(11-5-3-2-4-6-11)32(29,30)12-7-8-13(21)15(9-12)24-18(25)16-14(22-20(24)28)10-31-17(16)19(26)27/h2-10H,1H3,(H,22,28)(H,26,27). The Labute approximate surface area is 189 Å². The third kappa shape index (κ3) is 3.49. The average molecular weight is 492 g/mol. The van der Waals surface area contributed by atoms with Gasteiger partial charge in [-0.05, 0) is 30.3 Å². The summed E-state index contributed by atoms with van der Waals surface area (Å²) >= 11 is 7.01. The predicted molar refractivity (Wildman–Crippen MR) is 122 cm³/mol. The zero-order chi connectivity index (χ0) is 23.2. The maximum absolute atomic E-state index is 13.1. The van der Waals surface area contributed by atoms with Crippen molar-refractivity contribution in [1.82, 2.24) is 9.55 Å². The minimum Gasteiger partial charge on any atom is -0.477 e. The number of para-hydroxylation sites is 1. The highest BCUT2D eigenvalue weighted by atomic mass is 35.5. The number of sulfonamides is 1. The van der Waals surface area contributed by atoms with Crippen molar-refractivity contribution in [2.75, 3.05) is 11.4 Å². The molecule has 12 heteroatoms. The monoisotopic (exact) mass is 491 g/mol. The van der Waals surface area contributed by atoms with Gasteiger partial charge in [-0.15, -0.1) is 11.3 Å². The molecule has 0 aliphatic heterocycles. The molecule has 9 nitrogen and oxygen atoms in total. The number of carbonyl (C=O) groups is 1. The molecule has 0 amide bonds. The minimum atomic E-state index is -4.06. The highest BCUT2D eigenvalue weighted by molar-refractivity contribution is 7.92. The molecule has 0 spiro atoms. The van der Waals surface area contributed by atoms with Gasteiger partial charge in [0, 0.05) is 12.4 Å². The second-order valence-corrected chi connectivity index (χ2v) is 9.91. The molecule has 0 aliphatic carbocycles. The number of hydrogen-bond donors (Lipinski definition) is 2. The molecule has 164 valence electrons. The first-order chi connectivity index (χ1) is 15.1. The van der Waals surface area contributed by atoms with Gasteiger partial charge < -0.3 is 10.1 Å². The van der Waals surface area contributed by atoms with Gasteiger partial charge in [0.2, 0.25) is 0 Å². The van der Waals surface area contributed by atoms with Gasteiger partial charge in [-0.1, -0.05) is 29.8 Å². The van der Waals surface area contributed by atoms with Crippen molar-refractivity contribution in [3.63, 3.8) is 0 Å². The number of aromatic amines is 1. The van der Waals surface area contributed by atoms with Crippen molar-refractivity contribution < 1.29 is 18.3 Å². The number of fused-ring (bicyclic) bond motifs is 1. The minimum absolute atomic E-state index is 0.0645. The van der Waals surface area contributed by atoms with Crippen molar-refractivity contribution in [1.29, 1.82) is 0 Å². The Balaban J connectivity index is 1.94. The molecule has 0 radical (unpaired) electrons. The van der Waals surface area contributed by atoms with E-state index < -0.39 is 27.2 Å². The van der Waals surface area contributed by atoms with E-state index in [-0.39, 0.29) is 31.4 Å². The quantitative estimate of drug-likeness (QED) is 0.441. The first kappa shape index (κ1) is 21.8. The Bertz CT molecular complexity index is 1590. The first-order valence-corrected chi connectivity index (χ1v) is 11.7. The van der Waals surface area contributed by atoms with E-state index in [0.717, 1.165) is 21.7 Å². The predicted octanol–water partition coefficient (Wildman–Crippen LogP) is 2.92. The topological polar surface area (TPSA) is 130 Å². The zero-order valence-corrected chi connectivity index (χ0v) is 18.7. The van der Waals surface area contributed by atoms with E-state index in [1.54, 1.807) is 30.3 Å². The van der Waals surface area contributed by atoms with E-state index in [1.165, 1.54) is 24.6 Å². The number of aromatic carboxylic acids is 1. The largest absolute Gasteiger partial charge is 0.477 e. The molecule has 0 saturated carbocycles. The summed E-state index contributed by atoms with van der Waals surface area (Å²) in [4.78, 5) is 39.2. The Morgan fingerprint density at radius 3 is 2.50 bits per heavy atom. The molecule has 0 unspecified atom stereocenters. The molecule has 2 N–H and O–H groups in total. The smallest absolute Gasteiger partial charge is 0.346 e. The number of nitrogens with one attached hydrogen (secondary N) is 1. The lowest BCUT2D eigenvalue weighted by Gasteiger charge is -2.20. The van der Waals surface area contributed by atoms with Gasteiger partial charge in [-0.25, -0.2) is 22.6 Å². The number of anilines is 1. The van der Waals surface area contributed by atoms with Gasteiger partial charge in [0.1, 0.15) is 4.88 Å². The number of thiophene rings is 1. The summed E-state index contributed by atoms with van der Waals surface area (Å²) < 4.78 is 28.0. The van der Waals surface area contributed by atoms with Crippen LogP contribution < -0.4 is 15.6 Å². The van der Waals surface area contributed by atoms with Crippen molar-refractivity contribution in [3.8, 4) is 5.69 Å². The SMILES string of the molecule is CN(c1ccccc1)S(=O)(=O)c1ccc(Cl)c(-n2c(=O)[nH]c3csc(C(=O)O)c3c2=O)c1. The summed E-state index contributed by atoms with van der Waals surface area (Å²) in [6, 6.07) is 12.0. The van der Waals surface area contributed by atoms with E-state index in [2.05, 4.69) is 4.98 Å². The van der Waals surface area contributed by atoms with E-state index in [9.17, 15) is 27.9 Å². The fourth-order valence-corrected chi connectivity index (χ4v) is 5.42. The summed E-state index contributed by atoms with van der Waals surface area (Å²) in [6.45, 7) is 0. The van der Waals surface area contributed by atoms with Crippen LogP contribution in [0.5, 0.6) is 0 Å². The maximum Gasteiger partial charge on any atom is 0.346 e. The van der Waals surface area contributed by atoms with Crippen LogP contribution >= 0.6 is 22.9 Å². The zero-order valence-electron chi connectivity index (χ0n) is 16.3. The van der Waals surface area contributed by atoms with Crippen LogP contribution in [0.25, 0.3) is 16.6 Å². The molecular weight excluding hydrogens is 478 g/mol. The van der Waals surface area contributed by atoms with Gasteiger partial charge >= 0.3 is 11.7 Å². The first-order valence-electron chi connectivity index (χ1n) is 8.96. The Morgan fingerprint density at radius 1 is 1.16 bits per heavy atom. The van der Waals surface area contributed by atoms with E-state index in [0.29, 0.717) is 10.3 Å². The number of rotatable bonds is 5. The lowest BCUT2D eigenvalue weighted by molar-refractivity contribution is 0.0704. The number of nitrogens with zero attached hydrogens (tertiary/aromatic N) is 2. The number of halogens is 1. The van der Waals surface area contributed by atoms with Crippen LogP contribution in [0, 0.1) is 0 Å². The highest BCUT2D eigenvalue weighted by Gasteiger charge is 2.25. The van der Waals surface area contributed by atoms with Crippen LogP contribution in [0.15, 0.2) is 68.4 Å². The fourth-order valence-electron chi connectivity index (χ4n) is 3.17. The molecule has 0 atom stereocenters. The van der Waals surface area contributed by atoms with Crippen LogP contribution in [-0.2, 0) is 10.0 Å². The number of hydrogen-bond acceptors (Lipinski definition) is 6. The van der Waals surface area contributed by atoms with E-state index in [4.69, 9.17) is 11.6 Å². The second kappa shape index (κ2) is 7.93. The van der Waals surface area contributed by atoms with Gasteiger partial charge in [0.05, 0.1) is 32.2 Å². The molecular formula is C20H14ClN3O6S2. The number of H-pyrrole nitrogens is 1. The van der Waals surface area contributed by atoms with Crippen molar-refractivity contribution in [2.24, 2.45) is 0 Å². The molecule has 4 rings (SSSR count). The van der Waals surface area contributed by atoms with Crippen LogP contribution in [-0.4, -0.2) is 36.1 Å². The van der Waals surface area contributed by atoms with Gasteiger partial charge in [0.15, 0.2) is 0 Å². The van der Waals surface area contributed by atoms with Crippen molar-refractivity contribution >= 4 is 55.5 Å². The third-order valence-electron chi connectivity index (χ3n) is 4.78. The van der Waals surface area contributed by atoms with Crippen LogP contribution in [0.1, 0.15) is 9.67 Å². The highest BCUT2D eigenvalue weighted by Crippen LogP contribution is 2.27. The molecule has 0 fully saturated rings. The number of carboxylic acid groups (broad SMARTS) is 1. The second-order valence-electron chi connectivity index (χ2n) is 6.65. The molecule has 2 aromatic heterocycles. The summed E-state index contributed by atoms with van der Waals surface area (Å²) in [7, 11) is -2.69. The molecule has 0 bridgehead atoms. The summed E-state index contributed by atoms with van der Waals surface area (Å²) in [5.74, 6) is -1.33. The molecule has 32 heavy (non-hydrogen) atoms. The van der Waals surface area contributed by atoms with Gasteiger partial charge in [-0.2, -0.15) is 0 Å². The van der Waals surface area contributed by atoms with Crippen LogP contribution in [0.3, 0.4) is 0 Å². The lowest BCUT2D eigenvalue weighted by atomic mass is 10.2. The Hall–Kier alpha value is -3.41. The number of benzene rings is 2. The van der Waals surface area contributed by atoms with Gasteiger partial charge in [0.25, 0.3) is 15.6 Å². The van der Waals surface area contributed by atoms with Gasteiger partial charge in [-0.3, -0.25) is 9.10 Å². The van der Waals surface area contributed by atoms with E-state index >= 15 is 0 Å². The van der Waals surface area contributed by atoms with Crippen LogP contribution in [0.2, 0.25) is 5.02 Å². The Kier molecular flexibility index (Phi) is 5.41. The summed E-state index contributed by atoms with van der Waals surface area (Å²) in [5, 5.41) is 10.4. The number of carboxylic acids is 1. The maximum atomic E-state index is 13.1. The van der Waals surface area contributed by atoms with Crippen LogP contribution in [0.4, 0.5) is 5.69 Å². The Morgan fingerprint density at radius 2 is 1.84 bits per heavy atom. The fraction of sp³-hybridized carbons (Fsp3) is 0.0500. The molecule has 4 aromatic rings. The number of aromatic nitrogens is 2. The molecule has 0 saturated heterocycles. The van der Waals surface area contributed by atoms with E-state index in [1.807, 2.05) is 0 Å². The van der Waals surface area contributed by atoms with Crippen molar-refractivity contribution in [3.05, 3.63) is 84.6 Å². The third-order valence-corrected chi connectivity index (χ3v) is 7.85. The summed E-state index contributed by atoms with van der Waals surface area (Å²) in [6.07, 6.45) is 0. The normalized spacial score (nSPS) is 11.6. The molecule has 2 aromatic carbocycles. The molecule has 0 aliphatic rings. The van der Waals surface area contributed by atoms with Crippen molar-refractivity contribution in [2.45, 2.75) is 4.90 Å².